The fraction of sp³-hybridized carbons (Fsp3) is 0.588. The smallest absolute Gasteiger partial charge is 0.223 e. The number of carbonyl (C=O) groups excluding carboxylic acids is 1. The van der Waals surface area contributed by atoms with Crippen LogP contribution in [0.5, 0.6) is 0 Å². The first-order valence-electron chi connectivity index (χ1n) is 7.83. The third kappa shape index (κ3) is 5.96. The number of halogens is 2. The predicted octanol–water partition coefficient (Wildman–Crippen LogP) is 2.63. The van der Waals surface area contributed by atoms with Crippen molar-refractivity contribution >= 4 is 30.7 Å². The van der Waals surface area contributed by atoms with Gasteiger partial charge in [0, 0.05) is 18.5 Å². The molecule has 0 aromatic heterocycles. The molecule has 0 bridgehead atoms. The van der Waals surface area contributed by atoms with Gasteiger partial charge in [-0.1, -0.05) is 45.0 Å². The fourth-order valence-electron chi connectivity index (χ4n) is 2.50. The second kappa shape index (κ2) is 10.1. The topological polar surface area (TPSA) is 67.1 Å². The van der Waals surface area contributed by atoms with Crippen LogP contribution < -0.4 is 16.4 Å². The van der Waals surface area contributed by atoms with Crippen molar-refractivity contribution in [2.24, 2.45) is 17.6 Å². The van der Waals surface area contributed by atoms with E-state index in [0.717, 1.165) is 18.7 Å². The van der Waals surface area contributed by atoms with Gasteiger partial charge in [0.05, 0.1) is 0 Å². The maximum atomic E-state index is 12.1. The molecule has 1 aromatic carbocycles. The minimum absolute atomic E-state index is 0. The molecule has 23 heavy (non-hydrogen) atoms. The van der Waals surface area contributed by atoms with Gasteiger partial charge in [0.25, 0.3) is 0 Å². The van der Waals surface area contributed by atoms with E-state index in [-0.39, 0.29) is 42.7 Å². The average molecular weight is 362 g/mol. The summed E-state index contributed by atoms with van der Waals surface area (Å²) in [5.41, 5.74) is 8.54. The Labute approximate surface area is 151 Å². The van der Waals surface area contributed by atoms with Gasteiger partial charge in [-0.15, -0.1) is 24.8 Å². The molecule has 0 radical (unpaired) electrons. The summed E-state index contributed by atoms with van der Waals surface area (Å²) in [6.45, 7) is 8.71. The van der Waals surface area contributed by atoms with E-state index in [1.54, 1.807) is 0 Å². The van der Waals surface area contributed by atoms with Crippen molar-refractivity contribution in [3.05, 3.63) is 35.4 Å². The Kier molecular flexibility index (Phi) is 9.78. The summed E-state index contributed by atoms with van der Waals surface area (Å²) in [7, 11) is 0. The van der Waals surface area contributed by atoms with Gasteiger partial charge in [-0.3, -0.25) is 4.79 Å². The molecule has 2 atom stereocenters. The van der Waals surface area contributed by atoms with Crippen LogP contribution in [0.3, 0.4) is 0 Å². The Morgan fingerprint density at radius 2 is 1.70 bits per heavy atom. The Morgan fingerprint density at radius 1 is 1.17 bits per heavy atom. The SMILES string of the molecule is CC(C)c1ccc(C(N)CNC(=O)C(C)C2CNC2)cc1.Cl.Cl. The zero-order valence-corrected chi connectivity index (χ0v) is 15.7. The molecule has 1 saturated heterocycles. The average Bonchev–Trinajstić information content (AvgIpc) is 2.42. The molecule has 2 rings (SSSR count). The zero-order valence-electron chi connectivity index (χ0n) is 14.0. The van der Waals surface area contributed by atoms with Crippen molar-refractivity contribution in [3.63, 3.8) is 0 Å². The molecule has 0 saturated carbocycles. The summed E-state index contributed by atoms with van der Waals surface area (Å²) in [5, 5.41) is 6.17. The van der Waals surface area contributed by atoms with Gasteiger partial charge in [-0.25, -0.2) is 0 Å². The van der Waals surface area contributed by atoms with Gasteiger partial charge >= 0.3 is 0 Å². The molecule has 1 heterocycles. The first-order chi connectivity index (χ1) is 9.99. The molecule has 1 fully saturated rings. The number of hydrogen-bond donors (Lipinski definition) is 3. The zero-order chi connectivity index (χ0) is 15.4. The Hall–Kier alpha value is -0.810. The minimum Gasteiger partial charge on any atom is -0.354 e. The lowest BCUT2D eigenvalue weighted by Gasteiger charge is -2.32. The second-order valence-corrected chi connectivity index (χ2v) is 6.38. The van der Waals surface area contributed by atoms with Crippen molar-refractivity contribution < 1.29 is 4.79 Å². The third-order valence-electron chi connectivity index (χ3n) is 4.46. The van der Waals surface area contributed by atoms with Crippen LogP contribution in [0.25, 0.3) is 0 Å². The third-order valence-corrected chi connectivity index (χ3v) is 4.46. The first-order valence-corrected chi connectivity index (χ1v) is 7.83. The quantitative estimate of drug-likeness (QED) is 0.729. The maximum absolute atomic E-state index is 12.1. The summed E-state index contributed by atoms with van der Waals surface area (Å²) in [5.74, 6) is 1.15. The number of amides is 1. The van der Waals surface area contributed by atoms with Gasteiger partial charge in [0.2, 0.25) is 5.91 Å². The first kappa shape index (κ1) is 22.2. The Morgan fingerprint density at radius 3 is 2.13 bits per heavy atom. The largest absolute Gasteiger partial charge is 0.354 e. The van der Waals surface area contributed by atoms with E-state index in [1.807, 2.05) is 6.92 Å². The van der Waals surface area contributed by atoms with Crippen LogP contribution in [-0.4, -0.2) is 25.5 Å². The standard InChI is InChI=1S/C17H27N3O.2ClH/c1-11(2)13-4-6-14(7-5-13)16(18)10-20-17(21)12(3)15-8-19-9-15;;/h4-7,11-12,15-16,19H,8-10,18H2,1-3H3,(H,20,21);2*1H. The van der Waals surface area contributed by atoms with Gasteiger partial charge in [0.1, 0.15) is 0 Å². The number of benzene rings is 1. The van der Waals surface area contributed by atoms with Crippen molar-refractivity contribution in [1.82, 2.24) is 10.6 Å². The van der Waals surface area contributed by atoms with E-state index in [0.29, 0.717) is 18.4 Å². The lowest BCUT2D eigenvalue weighted by Crippen LogP contribution is -2.50. The van der Waals surface area contributed by atoms with E-state index < -0.39 is 0 Å². The number of nitrogens with two attached hydrogens (primary N) is 1. The highest BCUT2D eigenvalue weighted by Gasteiger charge is 2.28. The minimum atomic E-state index is -0.151. The van der Waals surface area contributed by atoms with E-state index in [1.165, 1.54) is 5.56 Å². The van der Waals surface area contributed by atoms with Crippen LogP contribution in [-0.2, 0) is 4.79 Å². The van der Waals surface area contributed by atoms with Gasteiger partial charge in [0.15, 0.2) is 0 Å². The highest BCUT2D eigenvalue weighted by atomic mass is 35.5. The van der Waals surface area contributed by atoms with E-state index in [4.69, 9.17) is 5.73 Å². The van der Waals surface area contributed by atoms with E-state index in [9.17, 15) is 4.79 Å². The highest BCUT2D eigenvalue weighted by Crippen LogP contribution is 2.18. The molecule has 1 aliphatic heterocycles. The van der Waals surface area contributed by atoms with E-state index in [2.05, 4.69) is 48.7 Å². The molecule has 0 aliphatic carbocycles. The molecule has 0 spiro atoms. The number of nitrogens with one attached hydrogen (secondary N) is 2. The van der Waals surface area contributed by atoms with Gasteiger partial charge in [-0.05, 0) is 36.1 Å². The van der Waals surface area contributed by atoms with Crippen molar-refractivity contribution in [3.8, 4) is 0 Å². The van der Waals surface area contributed by atoms with Crippen molar-refractivity contribution in [1.29, 1.82) is 0 Å². The normalized spacial score (nSPS) is 16.6. The van der Waals surface area contributed by atoms with Crippen molar-refractivity contribution in [2.45, 2.75) is 32.7 Å². The molecular formula is C17H29Cl2N3O. The summed E-state index contributed by atoms with van der Waals surface area (Å²) in [6.07, 6.45) is 0. The molecule has 1 amide bonds. The van der Waals surface area contributed by atoms with E-state index >= 15 is 0 Å². The summed E-state index contributed by atoms with van der Waals surface area (Å²) >= 11 is 0. The molecule has 1 aromatic rings. The van der Waals surface area contributed by atoms with Gasteiger partial charge in [-0.2, -0.15) is 0 Å². The van der Waals surface area contributed by atoms with Crippen LogP contribution >= 0.6 is 24.8 Å². The lowest BCUT2D eigenvalue weighted by molar-refractivity contribution is -0.126. The Bertz CT molecular complexity index is 475. The summed E-state index contributed by atoms with van der Waals surface area (Å²) < 4.78 is 0. The molecule has 4 N–H and O–H groups in total. The van der Waals surface area contributed by atoms with Crippen LogP contribution in [0, 0.1) is 11.8 Å². The van der Waals surface area contributed by atoms with Crippen LogP contribution in [0.15, 0.2) is 24.3 Å². The maximum Gasteiger partial charge on any atom is 0.223 e. The summed E-state index contributed by atoms with van der Waals surface area (Å²) in [6, 6.07) is 8.20. The molecule has 132 valence electrons. The molecule has 2 unspecified atom stereocenters. The molecule has 6 heteroatoms. The Balaban J connectivity index is 0.00000242. The molecular weight excluding hydrogens is 333 g/mol. The highest BCUT2D eigenvalue weighted by molar-refractivity contribution is 5.85. The predicted molar refractivity (Wildman–Crippen MR) is 100 cm³/mol. The monoisotopic (exact) mass is 361 g/mol. The fourth-order valence-corrected chi connectivity index (χ4v) is 2.50. The van der Waals surface area contributed by atoms with Crippen LogP contribution in [0.4, 0.5) is 0 Å². The molecule has 1 aliphatic rings. The number of carbonyl (C=O) groups is 1. The van der Waals surface area contributed by atoms with Crippen LogP contribution in [0.1, 0.15) is 43.9 Å². The number of hydrogen-bond acceptors (Lipinski definition) is 3. The molecule has 4 nitrogen and oxygen atoms in total. The number of rotatable bonds is 6. The van der Waals surface area contributed by atoms with Gasteiger partial charge < -0.3 is 16.4 Å². The summed E-state index contributed by atoms with van der Waals surface area (Å²) in [4.78, 5) is 12.1. The lowest BCUT2D eigenvalue weighted by atomic mass is 9.88. The second-order valence-electron chi connectivity index (χ2n) is 6.38. The van der Waals surface area contributed by atoms with Crippen molar-refractivity contribution in [2.75, 3.05) is 19.6 Å². The van der Waals surface area contributed by atoms with Crippen LogP contribution in [0.2, 0.25) is 0 Å².